The van der Waals surface area contributed by atoms with Gasteiger partial charge in [0.05, 0.1) is 6.61 Å². The summed E-state index contributed by atoms with van der Waals surface area (Å²) >= 11 is 5.55. The predicted octanol–water partition coefficient (Wildman–Crippen LogP) is 5.08. The topological polar surface area (TPSA) is 26.3 Å². The van der Waals surface area contributed by atoms with Gasteiger partial charge < -0.3 is 4.74 Å². The van der Waals surface area contributed by atoms with Gasteiger partial charge in [0.15, 0.2) is 0 Å². The summed E-state index contributed by atoms with van der Waals surface area (Å²) in [6, 6.07) is 0. The summed E-state index contributed by atoms with van der Waals surface area (Å²) in [5.74, 6) is 6.80. The molecule has 2 nitrogen and oxygen atoms in total. The number of hydrogen-bond acceptors (Lipinski definition) is 2. The third-order valence-electron chi connectivity index (χ3n) is 3.03. The zero-order valence-corrected chi connectivity index (χ0v) is 13.6. The summed E-state index contributed by atoms with van der Waals surface area (Å²) in [6.07, 6.45) is 11.3. The lowest BCUT2D eigenvalue weighted by Crippen LogP contribution is -2.05. The predicted molar refractivity (Wildman–Crippen MR) is 85.9 cm³/mol. The maximum absolute atomic E-state index is 11.3. The van der Waals surface area contributed by atoms with Crippen molar-refractivity contribution >= 4 is 17.6 Å². The SMILES string of the molecule is CCC#CCCCCCCCCOC(=O)CCCCCl. The summed E-state index contributed by atoms with van der Waals surface area (Å²) < 4.78 is 5.16. The minimum atomic E-state index is -0.0791. The Hall–Kier alpha value is -0.680. The fourth-order valence-electron chi connectivity index (χ4n) is 1.86. The molecule has 0 spiro atoms. The van der Waals surface area contributed by atoms with Gasteiger partial charge in [-0.2, -0.15) is 0 Å². The van der Waals surface area contributed by atoms with Crippen LogP contribution in [0, 0.1) is 11.8 Å². The lowest BCUT2D eigenvalue weighted by molar-refractivity contribution is -0.143. The van der Waals surface area contributed by atoms with Crippen LogP contribution in [0.25, 0.3) is 0 Å². The third kappa shape index (κ3) is 15.4. The number of carbonyl (C=O) groups is 1. The van der Waals surface area contributed by atoms with E-state index in [2.05, 4.69) is 18.8 Å². The van der Waals surface area contributed by atoms with Gasteiger partial charge in [-0.15, -0.1) is 23.4 Å². The Morgan fingerprint density at radius 2 is 1.65 bits per heavy atom. The first-order valence-corrected chi connectivity index (χ1v) is 8.52. The van der Waals surface area contributed by atoms with Gasteiger partial charge in [-0.05, 0) is 25.7 Å². The first-order chi connectivity index (χ1) is 9.81. The van der Waals surface area contributed by atoms with E-state index >= 15 is 0 Å². The van der Waals surface area contributed by atoms with E-state index in [0.717, 1.165) is 38.5 Å². The van der Waals surface area contributed by atoms with Gasteiger partial charge >= 0.3 is 5.97 Å². The van der Waals surface area contributed by atoms with Crippen LogP contribution < -0.4 is 0 Å². The zero-order valence-electron chi connectivity index (χ0n) is 12.9. The van der Waals surface area contributed by atoms with Crippen molar-refractivity contribution in [2.24, 2.45) is 0 Å². The van der Waals surface area contributed by atoms with Gasteiger partial charge in [-0.3, -0.25) is 4.79 Å². The van der Waals surface area contributed by atoms with Crippen LogP contribution in [0.4, 0.5) is 0 Å². The van der Waals surface area contributed by atoms with Crippen LogP contribution in [0.15, 0.2) is 0 Å². The lowest BCUT2D eigenvalue weighted by atomic mass is 10.1. The Morgan fingerprint density at radius 3 is 2.35 bits per heavy atom. The highest BCUT2D eigenvalue weighted by Gasteiger charge is 2.01. The highest BCUT2D eigenvalue weighted by atomic mass is 35.5. The maximum atomic E-state index is 11.3. The average molecular weight is 301 g/mol. The molecular formula is C17H29ClO2. The zero-order chi connectivity index (χ0) is 14.9. The Labute approximate surface area is 129 Å². The molecule has 0 heterocycles. The van der Waals surface area contributed by atoms with Gasteiger partial charge in [0.2, 0.25) is 0 Å². The van der Waals surface area contributed by atoms with Crippen LogP contribution >= 0.6 is 11.6 Å². The molecule has 0 aromatic rings. The maximum Gasteiger partial charge on any atom is 0.305 e. The van der Waals surface area contributed by atoms with Gasteiger partial charge in [-0.1, -0.05) is 32.6 Å². The number of halogens is 1. The summed E-state index contributed by atoms with van der Waals surface area (Å²) in [6.45, 7) is 2.65. The second-order valence-corrected chi connectivity index (χ2v) is 5.32. The molecule has 116 valence electrons. The van der Waals surface area contributed by atoms with Crippen molar-refractivity contribution in [2.75, 3.05) is 12.5 Å². The fraction of sp³-hybridized carbons (Fsp3) is 0.824. The molecule has 0 aliphatic carbocycles. The van der Waals surface area contributed by atoms with Crippen molar-refractivity contribution < 1.29 is 9.53 Å². The molecule has 0 saturated carbocycles. The molecule has 0 aromatic heterocycles. The monoisotopic (exact) mass is 300 g/mol. The minimum Gasteiger partial charge on any atom is -0.466 e. The van der Waals surface area contributed by atoms with E-state index in [4.69, 9.17) is 16.3 Å². The second kappa shape index (κ2) is 16.4. The highest BCUT2D eigenvalue weighted by molar-refractivity contribution is 6.17. The van der Waals surface area contributed by atoms with Crippen LogP contribution in [0.5, 0.6) is 0 Å². The number of hydrogen-bond donors (Lipinski definition) is 0. The summed E-state index contributed by atoms with van der Waals surface area (Å²) in [4.78, 5) is 11.3. The summed E-state index contributed by atoms with van der Waals surface area (Å²) in [7, 11) is 0. The smallest absolute Gasteiger partial charge is 0.305 e. The highest BCUT2D eigenvalue weighted by Crippen LogP contribution is 2.07. The average Bonchev–Trinajstić information content (AvgIpc) is 2.45. The van der Waals surface area contributed by atoms with Crippen molar-refractivity contribution in [3.05, 3.63) is 0 Å². The number of ether oxygens (including phenoxy) is 1. The van der Waals surface area contributed by atoms with Crippen molar-refractivity contribution in [3.63, 3.8) is 0 Å². The number of unbranched alkanes of at least 4 members (excludes halogenated alkanes) is 7. The minimum absolute atomic E-state index is 0.0791. The van der Waals surface area contributed by atoms with Crippen molar-refractivity contribution in [1.82, 2.24) is 0 Å². The third-order valence-corrected chi connectivity index (χ3v) is 3.29. The number of carbonyl (C=O) groups excluding carboxylic acids is 1. The number of esters is 1. The van der Waals surface area contributed by atoms with Gasteiger partial charge in [0.25, 0.3) is 0 Å². The molecular weight excluding hydrogens is 272 g/mol. The number of alkyl halides is 1. The largest absolute Gasteiger partial charge is 0.466 e. The molecule has 0 fully saturated rings. The molecule has 20 heavy (non-hydrogen) atoms. The molecule has 0 saturated heterocycles. The van der Waals surface area contributed by atoms with Crippen LogP contribution in [-0.2, 0) is 9.53 Å². The molecule has 0 aromatic carbocycles. The van der Waals surface area contributed by atoms with Crippen molar-refractivity contribution in [1.29, 1.82) is 0 Å². The summed E-state index contributed by atoms with van der Waals surface area (Å²) in [5, 5.41) is 0. The van der Waals surface area contributed by atoms with Crippen LogP contribution in [0.3, 0.4) is 0 Å². The Morgan fingerprint density at radius 1 is 0.950 bits per heavy atom. The van der Waals surface area contributed by atoms with E-state index in [0.29, 0.717) is 18.9 Å². The molecule has 3 heteroatoms. The molecule has 0 unspecified atom stereocenters. The van der Waals surface area contributed by atoms with Crippen molar-refractivity contribution in [2.45, 2.75) is 77.6 Å². The van der Waals surface area contributed by atoms with Crippen LogP contribution in [0.1, 0.15) is 77.6 Å². The van der Waals surface area contributed by atoms with Gasteiger partial charge in [0.1, 0.15) is 0 Å². The second-order valence-electron chi connectivity index (χ2n) is 4.94. The van der Waals surface area contributed by atoms with Gasteiger partial charge in [0, 0.05) is 25.1 Å². The molecule has 0 amide bonds. The summed E-state index contributed by atoms with van der Waals surface area (Å²) in [5.41, 5.74) is 0. The fourth-order valence-corrected chi connectivity index (χ4v) is 2.05. The molecule has 0 aliphatic heterocycles. The van der Waals surface area contributed by atoms with E-state index in [9.17, 15) is 4.79 Å². The van der Waals surface area contributed by atoms with Crippen LogP contribution in [0.2, 0.25) is 0 Å². The van der Waals surface area contributed by atoms with Crippen molar-refractivity contribution in [3.8, 4) is 11.8 Å². The van der Waals surface area contributed by atoms with E-state index in [1.54, 1.807) is 0 Å². The molecule has 0 N–H and O–H groups in total. The first kappa shape index (κ1) is 19.3. The van der Waals surface area contributed by atoms with E-state index in [-0.39, 0.29) is 5.97 Å². The Balaban J connectivity index is 3.14. The standard InChI is InChI=1S/C17H29ClO2/c1-2-3-4-5-6-7-8-9-10-13-16-20-17(19)14-11-12-15-18/h2,5-16H2,1H3. The molecule has 0 rings (SSSR count). The van der Waals surface area contributed by atoms with E-state index in [1.165, 1.54) is 25.7 Å². The Kier molecular flexibility index (Phi) is 15.8. The lowest BCUT2D eigenvalue weighted by Gasteiger charge is -2.04. The molecule has 0 bridgehead atoms. The quantitative estimate of drug-likeness (QED) is 0.217. The first-order valence-electron chi connectivity index (χ1n) is 7.98. The normalized spacial score (nSPS) is 9.90. The number of rotatable bonds is 12. The molecule has 0 atom stereocenters. The molecule has 0 radical (unpaired) electrons. The van der Waals surface area contributed by atoms with Crippen LogP contribution in [-0.4, -0.2) is 18.5 Å². The molecule has 0 aliphatic rings. The van der Waals surface area contributed by atoms with E-state index < -0.39 is 0 Å². The van der Waals surface area contributed by atoms with Gasteiger partial charge in [-0.25, -0.2) is 0 Å². The van der Waals surface area contributed by atoms with E-state index in [1.807, 2.05) is 0 Å². The Bertz CT molecular complexity index is 278.